The van der Waals surface area contributed by atoms with Crippen molar-refractivity contribution in [2.24, 2.45) is 0 Å². The third kappa shape index (κ3) is 2.01. The first-order valence-corrected chi connectivity index (χ1v) is 8.04. The van der Waals surface area contributed by atoms with Gasteiger partial charge >= 0.3 is 5.97 Å². The number of hydrogen-bond acceptors (Lipinski definition) is 3. The van der Waals surface area contributed by atoms with Crippen LogP contribution in [0.15, 0.2) is 60.9 Å². The number of hydrogen-bond donors (Lipinski definition) is 1. The Morgan fingerprint density at radius 2 is 1.68 bits per heavy atom. The molecule has 0 spiro atoms. The van der Waals surface area contributed by atoms with Crippen LogP contribution < -0.4 is 4.74 Å². The number of benzene rings is 3. The second kappa shape index (κ2) is 5.05. The first-order chi connectivity index (χ1) is 12.2. The number of carbonyl (C=O) groups is 1. The molecule has 1 N–H and O–H groups in total. The maximum absolute atomic E-state index is 11.5. The maximum Gasteiger partial charge on any atom is 0.337 e. The van der Waals surface area contributed by atoms with Gasteiger partial charge in [0.2, 0.25) is 0 Å². The quantitative estimate of drug-likeness (QED) is 0.450. The van der Waals surface area contributed by atoms with Gasteiger partial charge in [0.1, 0.15) is 11.5 Å². The molecule has 0 amide bonds. The van der Waals surface area contributed by atoms with E-state index in [2.05, 4.69) is 11.1 Å². The number of pyridine rings is 1. The van der Waals surface area contributed by atoms with Crippen LogP contribution in [0.2, 0.25) is 0 Å². The topological polar surface area (TPSA) is 59.4 Å². The number of para-hydroxylation sites is 1. The summed E-state index contributed by atoms with van der Waals surface area (Å²) < 4.78 is 6.05. The van der Waals surface area contributed by atoms with Gasteiger partial charge in [-0.05, 0) is 39.9 Å². The van der Waals surface area contributed by atoms with Crippen molar-refractivity contribution < 1.29 is 14.6 Å². The smallest absolute Gasteiger partial charge is 0.337 e. The zero-order valence-corrected chi connectivity index (χ0v) is 13.2. The van der Waals surface area contributed by atoms with Gasteiger partial charge in [-0.25, -0.2) is 4.79 Å². The molecule has 5 rings (SSSR count). The molecule has 0 radical (unpaired) electrons. The van der Waals surface area contributed by atoms with Crippen LogP contribution in [0.4, 0.5) is 0 Å². The van der Waals surface area contributed by atoms with Gasteiger partial charge in [0, 0.05) is 29.8 Å². The minimum absolute atomic E-state index is 0.221. The fraction of sp³-hybridized carbons (Fsp3) is 0.0476. The second-order valence-corrected chi connectivity index (χ2v) is 6.18. The predicted molar refractivity (Wildman–Crippen MR) is 95.5 cm³/mol. The van der Waals surface area contributed by atoms with Crippen LogP contribution in [0.3, 0.4) is 0 Å². The van der Waals surface area contributed by atoms with Crippen molar-refractivity contribution in [3.63, 3.8) is 0 Å². The minimum Gasteiger partial charge on any atom is -0.478 e. The van der Waals surface area contributed by atoms with E-state index in [9.17, 15) is 9.90 Å². The lowest BCUT2D eigenvalue weighted by molar-refractivity contribution is 0.0698. The number of ether oxygens (including phenoxy) is 1. The third-order valence-corrected chi connectivity index (χ3v) is 4.80. The Hall–Kier alpha value is -3.40. The Bertz CT molecular complexity index is 1180. The van der Waals surface area contributed by atoms with E-state index in [0.29, 0.717) is 5.39 Å². The Kier molecular flexibility index (Phi) is 2.82. The summed E-state index contributed by atoms with van der Waals surface area (Å²) in [6, 6.07) is 15.8. The Morgan fingerprint density at radius 1 is 0.880 bits per heavy atom. The van der Waals surface area contributed by atoms with Crippen molar-refractivity contribution in [2.75, 3.05) is 0 Å². The summed E-state index contributed by atoms with van der Waals surface area (Å²) in [7, 11) is 0. The van der Waals surface area contributed by atoms with Gasteiger partial charge in [0.25, 0.3) is 0 Å². The molecule has 25 heavy (non-hydrogen) atoms. The molecule has 4 heteroatoms. The van der Waals surface area contributed by atoms with E-state index >= 15 is 0 Å². The zero-order valence-electron chi connectivity index (χ0n) is 13.2. The molecule has 0 saturated carbocycles. The molecule has 120 valence electrons. The fourth-order valence-electron chi connectivity index (χ4n) is 3.61. The average molecular weight is 327 g/mol. The lowest BCUT2D eigenvalue weighted by Crippen LogP contribution is -2.04. The molecule has 4 aromatic rings. The van der Waals surface area contributed by atoms with E-state index in [1.807, 2.05) is 42.5 Å². The van der Waals surface area contributed by atoms with E-state index in [1.54, 1.807) is 6.20 Å². The van der Waals surface area contributed by atoms with E-state index < -0.39 is 5.97 Å². The molecule has 0 aliphatic carbocycles. The van der Waals surface area contributed by atoms with Crippen LogP contribution in [-0.4, -0.2) is 16.1 Å². The largest absolute Gasteiger partial charge is 0.478 e. The number of aromatic carboxylic acids is 1. The Balaban J connectivity index is 1.80. The standard InChI is InChI=1S/C21H13NO3/c23-21(24)18-11-22-10-17-14-7-8-20-16(13(14)5-6-15(17)18)9-12-3-1-2-4-19(12)25-20/h1-8,10-11H,9H2,(H,23,24). The highest BCUT2D eigenvalue weighted by Gasteiger charge is 2.20. The SMILES string of the molecule is O=C(O)c1cncc2c1ccc1c3c(ccc12)Oc1ccccc1C3. The normalized spacial score (nSPS) is 12.5. The first kappa shape index (κ1) is 14.0. The highest BCUT2D eigenvalue weighted by Crippen LogP contribution is 2.41. The highest BCUT2D eigenvalue weighted by molar-refractivity contribution is 6.14. The van der Waals surface area contributed by atoms with Crippen molar-refractivity contribution in [3.05, 3.63) is 77.6 Å². The highest BCUT2D eigenvalue weighted by atomic mass is 16.5. The number of nitrogens with zero attached hydrogens (tertiary/aromatic N) is 1. The van der Waals surface area contributed by atoms with Crippen LogP contribution in [-0.2, 0) is 6.42 Å². The van der Waals surface area contributed by atoms with Gasteiger partial charge in [-0.1, -0.05) is 30.3 Å². The molecule has 2 heterocycles. The molecule has 0 fully saturated rings. The zero-order chi connectivity index (χ0) is 17.0. The average Bonchev–Trinajstić information content (AvgIpc) is 2.65. The van der Waals surface area contributed by atoms with Crippen molar-refractivity contribution in [2.45, 2.75) is 6.42 Å². The van der Waals surface area contributed by atoms with Crippen molar-refractivity contribution in [1.82, 2.24) is 4.98 Å². The van der Waals surface area contributed by atoms with E-state index in [4.69, 9.17) is 4.74 Å². The number of carboxylic acids is 1. The van der Waals surface area contributed by atoms with Crippen LogP contribution in [0.5, 0.6) is 11.5 Å². The summed E-state index contributed by atoms with van der Waals surface area (Å²) in [4.78, 5) is 15.6. The molecule has 1 aromatic heterocycles. The van der Waals surface area contributed by atoms with Crippen molar-refractivity contribution in [1.29, 1.82) is 0 Å². The molecule has 4 nitrogen and oxygen atoms in total. The lowest BCUT2D eigenvalue weighted by Gasteiger charge is -2.22. The van der Waals surface area contributed by atoms with Crippen LogP contribution >= 0.6 is 0 Å². The van der Waals surface area contributed by atoms with Gasteiger partial charge in [0.05, 0.1) is 5.56 Å². The van der Waals surface area contributed by atoms with Crippen molar-refractivity contribution in [3.8, 4) is 11.5 Å². The maximum atomic E-state index is 11.5. The van der Waals surface area contributed by atoms with Gasteiger partial charge < -0.3 is 9.84 Å². The molecule has 0 unspecified atom stereocenters. The molecule has 0 saturated heterocycles. The summed E-state index contributed by atoms with van der Waals surface area (Å²) in [5.41, 5.74) is 2.50. The molecular formula is C21H13NO3. The number of rotatable bonds is 1. The number of fused-ring (bicyclic) bond motifs is 6. The molecule has 1 aliphatic heterocycles. The summed E-state index contributed by atoms with van der Waals surface area (Å²) in [6.45, 7) is 0. The minimum atomic E-state index is -0.965. The van der Waals surface area contributed by atoms with Gasteiger partial charge in [-0.3, -0.25) is 4.98 Å². The molecule has 0 atom stereocenters. The van der Waals surface area contributed by atoms with Crippen LogP contribution in [0.1, 0.15) is 21.5 Å². The molecule has 3 aromatic carbocycles. The number of carboxylic acid groups (broad SMARTS) is 1. The molecule has 0 bridgehead atoms. The Morgan fingerprint density at radius 3 is 2.56 bits per heavy atom. The van der Waals surface area contributed by atoms with Gasteiger partial charge in [-0.15, -0.1) is 0 Å². The summed E-state index contributed by atoms with van der Waals surface area (Å²) >= 11 is 0. The van der Waals surface area contributed by atoms with Gasteiger partial charge in [0.15, 0.2) is 0 Å². The van der Waals surface area contributed by atoms with Gasteiger partial charge in [-0.2, -0.15) is 0 Å². The molecular weight excluding hydrogens is 314 g/mol. The second-order valence-electron chi connectivity index (χ2n) is 6.18. The van der Waals surface area contributed by atoms with E-state index in [0.717, 1.165) is 45.2 Å². The Labute approximate surface area is 143 Å². The van der Waals surface area contributed by atoms with E-state index in [1.165, 1.54) is 6.20 Å². The fourth-order valence-corrected chi connectivity index (χ4v) is 3.61. The number of aromatic nitrogens is 1. The summed E-state index contributed by atoms with van der Waals surface area (Å²) in [5, 5.41) is 13.0. The monoisotopic (exact) mass is 327 g/mol. The first-order valence-electron chi connectivity index (χ1n) is 8.04. The van der Waals surface area contributed by atoms with Crippen molar-refractivity contribution >= 4 is 27.5 Å². The van der Waals surface area contributed by atoms with E-state index in [-0.39, 0.29) is 5.56 Å². The molecule has 1 aliphatic rings. The summed E-state index contributed by atoms with van der Waals surface area (Å²) in [6.07, 6.45) is 3.92. The van der Waals surface area contributed by atoms with Crippen LogP contribution in [0, 0.1) is 0 Å². The summed E-state index contributed by atoms with van der Waals surface area (Å²) in [5.74, 6) is 0.783. The third-order valence-electron chi connectivity index (χ3n) is 4.80. The lowest BCUT2D eigenvalue weighted by atomic mass is 9.92. The predicted octanol–water partition coefficient (Wildman–Crippen LogP) is 4.78. The van der Waals surface area contributed by atoms with Crippen LogP contribution in [0.25, 0.3) is 21.5 Å².